The van der Waals surface area contributed by atoms with Gasteiger partial charge in [-0.3, -0.25) is 4.99 Å². The van der Waals surface area contributed by atoms with Crippen molar-refractivity contribution < 1.29 is 8.78 Å². The summed E-state index contributed by atoms with van der Waals surface area (Å²) in [7, 11) is 2.15. The van der Waals surface area contributed by atoms with E-state index in [4.69, 9.17) is 0 Å². The summed E-state index contributed by atoms with van der Waals surface area (Å²) < 4.78 is 24.7. The Morgan fingerprint density at radius 2 is 2.00 bits per heavy atom. The second-order valence-corrected chi connectivity index (χ2v) is 8.49. The van der Waals surface area contributed by atoms with Gasteiger partial charge in [-0.25, -0.2) is 13.8 Å². The van der Waals surface area contributed by atoms with Crippen molar-refractivity contribution in [3.63, 3.8) is 0 Å². The largest absolute Gasteiger partial charge is 0.380 e. The number of allylic oxidation sites excluding steroid dienone is 5. The Morgan fingerprint density at radius 1 is 1.26 bits per heavy atom. The molecule has 34 heavy (non-hydrogen) atoms. The average Bonchev–Trinajstić information content (AvgIpc) is 3.25. The number of halogens is 2. The predicted octanol–water partition coefficient (Wildman–Crippen LogP) is 5.01. The third-order valence-corrected chi connectivity index (χ3v) is 5.92. The number of likely N-dealkylation sites (N-methyl/N-ethyl adjacent to an activating group) is 1. The summed E-state index contributed by atoms with van der Waals surface area (Å²) in [6.07, 6.45) is 9.16. The number of aromatic nitrogens is 2. The number of hydrogen-bond acceptors (Lipinski definition) is 5. The molecule has 1 aliphatic rings. The lowest BCUT2D eigenvalue weighted by Crippen LogP contribution is -2.44. The highest BCUT2D eigenvalue weighted by Crippen LogP contribution is 2.28. The first-order chi connectivity index (χ1) is 16.3. The lowest BCUT2D eigenvalue weighted by atomic mass is 10.0. The van der Waals surface area contributed by atoms with Crippen molar-refractivity contribution >= 4 is 28.0 Å². The van der Waals surface area contributed by atoms with E-state index >= 15 is 0 Å². The minimum atomic E-state index is -2.42. The van der Waals surface area contributed by atoms with E-state index in [0.717, 1.165) is 59.7 Å². The number of nitrogens with zero attached hydrogens (tertiary/aromatic N) is 4. The minimum absolute atomic E-state index is 0.423. The first-order valence-electron chi connectivity index (χ1n) is 11.5. The smallest absolute Gasteiger partial charge is 0.255 e. The number of fused-ring (bicyclic) bond motifs is 1. The molecule has 1 fully saturated rings. The van der Waals surface area contributed by atoms with Crippen LogP contribution in [0.2, 0.25) is 0 Å². The van der Waals surface area contributed by atoms with Crippen molar-refractivity contribution in [1.29, 1.82) is 0 Å². The molecule has 8 heteroatoms. The maximum absolute atomic E-state index is 12.4. The van der Waals surface area contributed by atoms with Gasteiger partial charge in [-0.2, -0.15) is 0 Å². The van der Waals surface area contributed by atoms with Crippen LogP contribution in [0.25, 0.3) is 16.6 Å². The van der Waals surface area contributed by atoms with Crippen LogP contribution in [-0.4, -0.2) is 66.8 Å². The van der Waals surface area contributed by atoms with E-state index < -0.39 is 13.0 Å². The molecular weight excluding hydrogens is 434 g/mol. The number of aromatic amines is 1. The van der Waals surface area contributed by atoms with Gasteiger partial charge in [0.15, 0.2) is 0 Å². The zero-order valence-electron chi connectivity index (χ0n) is 20.4. The fraction of sp³-hybridized carbons (Fsp3) is 0.385. The molecule has 3 rings (SSSR count). The number of H-pyrrole nitrogens is 1. The summed E-state index contributed by atoms with van der Waals surface area (Å²) in [5.41, 5.74) is 6.08. The van der Waals surface area contributed by atoms with Gasteiger partial charge in [0.2, 0.25) is 0 Å². The summed E-state index contributed by atoms with van der Waals surface area (Å²) in [5.74, 6) is 0. The molecule has 0 aromatic carbocycles. The third-order valence-electron chi connectivity index (χ3n) is 5.92. The molecule has 0 spiro atoms. The number of pyridine rings is 1. The van der Waals surface area contributed by atoms with Gasteiger partial charge in [-0.05, 0) is 51.1 Å². The van der Waals surface area contributed by atoms with E-state index in [-0.39, 0.29) is 0 Å². The lowest BCUT2D eigenvalue weighted by molar-refractivity contribution is 0.150. The molecule has 1 saturated heterocycles. The highest BCUT2D eigenvalue weighted by molar-refractivity contribution is 5.99. The standard InChI is InChI=1S/C26H34F2N6/c1-6-21(8-7-19(3)29-14-18(2)20(4)30-17-25(27)28)24-16-32-26-23(24)13-22(15-31-26)34-11-9-33(5)10-12-34/h6-8,13-16,25,30H,4,9-12,17H2,1-3,5H3,(H,31,32)/b8-7-,18-14+,21-6+,29-19+. The number of nitrogens with one attached hydrogen (secondary N) is 2. The molecule has 2 aromatic rings. The van der Waals surface area contributed by atoms with E-state index in [1.165, 1.54) is 0 Å². The summed E-state index contributed by atoms with van der Waals surface area (Å²) in [4.78, 5) is 17.1. The van der Waals surface area contributed by atoms with Crippen molar-refractivity contribution in [1.82, 2.24) is 20.2 Å². The molecule has 0 aliphatic carbocycles. The van der Waals surface area contributed by atoms with Crippen molar-refractivity contribution in [2.75, 3.05) is 44.7 Å². The first kappa shape index (κ1) is 25.4. The van der Waals surface area contributed by atoms with Crippen molar-refractivity contribution in [2.45, 2.75) is 27.2 Å². The molecular formula is C26H34F2N6. The van der Waals surface area contributed by atoms with E-state index in [0.29, 0.717) is 11.3 Å². The van der Waals surface area contributed by atoms with E-state index in [1.54, 1.807) is 13.1 Å². The highest BCUT2D eigenvalue weighted by Gasteiger charge is 2.16. The Kier molecular flexibility index (Phi) is 8.76. The molecule has 0 unspecified atom stereocenters. The maximum Gasteiger partial charge on any atom is 0.255 e. The Bertz CT molecular complexity index is 1120. The van der Waals surface area contributed by atoms with Crippen LogP contribution in [0.3, 0.4) is 0 Å². The topological polar surface area (TPSA) is 59.6 Å². The Hall–Kier alpha value is -3.26. The van der Waals surface area contributed by atoms with Gasteiger partial charge in [0.1, 0.15) is 5.65 Å². The van der Waals surface area contributed by atoms with Gasteiger partial charge in [-0.1, -0.05) is 18.7 Å². The fourth-order valence-electron chi connectivity index (χ4n) is 3.68. The summed E-state index contributed by atoms with van der Waals surface area (Å²) in [6, 6.07) is 2.21. The van der Waals surface area contributed by atoms with Gasteiger partial charge < -0.3 is 20.1 Å². The molecule has 6 nitrogen and oxygen atoms in total. The van der Waals surface area contributed by atoms with Crippen molar-refractivity contribution in [2.24, 2.45) is 4.99 Å². The molecule has 3 heterocycles. The normalized spacial score (nSPS) is 16.8. The van der Waals surface area contributed by atoms with Gasteiger partial charge >= 0.3 is 0 Å². The molecule has 0 radical (unpaired) electrons. The Balaban J connectivity index is 1.75. The summed E-state index contributed by atoms with van der Waals surface area (Å²) in [6.45, 7) is 13.1. The van der Waals surface area contributed by atoms with Crippen LogP contribution in [0.5, 0.6) is 0 Å². The zero-order valence-corrected chi connectivity index (χ0v) is 20.4. The quantitative estimate of drug-likeness (QED) is 0.401. The number of anilines is 1. The third kappa shape index (κ3) is 6.63. The Labute approximate surface area is 200 Å². The first-order valence-corrected chi connectivity index (χ1v) is 11.5. The lowest BCUT2D eigenvalue weighted by Gasteiger charge is -2.33. The molecule has 0 amide bonds. The highest BCUT2D eigenvalue weighted by atomic mass is 19.3. The monoisotopic (exact) mass is 468 g/mol. The molecule has 0 bridgehead atoms. The summed E-state index contributed by atoms with van der Waals surface area (Å²) >= 11 is 0. The number of alkyl halides is 2. The van der Waals surface area contributed by atoms with Crippen LogP contribution in [0.15, 0.2) is 65.7 Å². The van der Waals surface area contributed by atoms with Gasteiger partial charge in [0, 0.05) is 60.9 Å². The van der Waals surface area contributed by atoms with Gasteiger partial charge in [0.25, 0.3) is 6.43 Å². The minimum Gasteiger partial charge on any atom is -0.380 e. The second-order valence-electron chi connectivity index (χ2n) is 8.49. The van der Waals surface area contributed by atoms with Crippen molar-refractivity contribution in [3.05, 3.63) is 66.3 Å². The average molecular weight is 469 g/mol. The van der Waals surface area contributed by atoms with Crippen molar-refractivity contribution in [3.8, 4) is 0 Å². The number of piperazine rings is 1. The van der Waals surface area contributed by atoms with Crippen LogP contribution in [0, 0.1) is 0 Å². The van der Waals surface area contributed by atoms with Gasteiger partial charge in [0.05, 0.1) is 18.4 Å². The number of hydrogen-bond donors (Lipinski definition) is 2. The summed E-state index contributed by atoms with van der Waals surface area (Å²) in [5, 5.41) is 3.69. The second kappa shape index (κ2) is 11.7. The van der Waals surface area contributed by atoms with E-state index in [2.05, 4.69) is 55.8 Å². The Morgan fingerprint density at radius 3 is 2.68 bits per heavy atom. The molecule has 182 valence electrons. The SMILES string of the molecule is C=C(NCC(F)F)/C(C)=C/N=C(C)/C=C\C(=C/C)c1c[nH]c2ncc(N3CCN(C)CC3)cc12. The fourth-order valence-corrected chi connectivity index (χ4v) is 3.68. The van der Waals surface area contributed by atoms with Gasteiger partial charge in [-0.15, -0.1) is 0 Å². The van der Waals surface area contributed by atoms with Crippen LogP contribution in [0.4, 0.5) is 14.5 Å². The number of rotatable bonds is 9. The van der Waals surface area contributed by atoms with Crippen LogP contribution in [-0.2, 0) is 0 Å². The zero-order chi connectivity index (χ0) is 24.7. The number of aliphatic imine (C=N–C) groups is 1. The molecule has 0 atom stereocenters. The molecule has 0 saturated carbocycles. The van der Waals surface area contributed by atoms with Crippen LogP contribution >= 0.6 is 0 Å². The molecule has 2 N–H and O–H groups in total. The molecule has 2 aromatic heterocycles. The molecule has 1 aliphatic heterocycles. The van der Waals surface area contributed by atoms with E-state index in [9.17, 15) is 8.78 Å². The van der Waals surface area contributed by atoms with Crippen LogP contribution in [0.1, 0.15) is 26.3 Å². The maximum atomic E-state index is 12.4. The predicted molar refractivity (Wildman–Crippen MR) is 139 cm³/mol. The van der Waals surface area contributed by atoms with Crippen LogP contribution < -0.4 is 10.2 Å². The van der Waals surface area contributed by atoms with E-state index in [1.807, 2.05) is 38.4 Å².